The Bertz CT molecular complexity index is 588. The first-order chi connectivity index (χ1) is 10.7. The quantitative estimate of drug-likeness (QED) is 0.917. The van der Waals surface area contributed by atoms with Crippen LogP contribution in [0, 0.1) is 5.92 Å². The smallest absolute Gasteiger partial charge is 0.164 e. The van der Waals surface area contributed by atoms with E-state index >= 15 is 0 Å². The number of hydrogen-bond acceptors (Lipinski definition) is 6. The van der Waals surface area contributed by atoms with Gasteiger partial charge in [0.15, 0.2) is 11.5 Å². The van der Waals surface area contributed by atoms with Gasteiger partial charge in [0.1, 0.15) is 5.75 Å². The number of ether oxygens (including phenoxy) is 3. The minimum Gasteiger partial charge on any atom is -0.496 e. The maximum absolute atomic E-state index is 5.57. The van der Waals surface area contributed by atoms with Crippen LogP contribution in [0.5, 0.6) is 17.2 Å². The Morgan fingerprint density at radius 3 is 2.45 bits per heavy atom. The Balaban J connectivity index is 1.97. The highest BCUT2D eigenvalue weighted by Crippen LogP contribution is 2.42. The van der Waals surface area contributed by atoms with Gasteiger partial charge in [-0.05, 0) is 13.1 Å². The average molecular weight is 305 g/mol. The molecule has 0 aromatic heterocycles. The van der Waals surface area contributed by atoms with Crippen LogP contribution in [0.25, 0.3) is 0 Å². The second kappa shape index (κ2) is 6.04. The molecule has 0 saturated carbocycles. The summed E-state index contributed by atoms with van der Waals surface area (Å²) in [6.45, 7) is 2.06. The van der Waals surface area contributed by atoms with Crippen LogP contribution < -0.4 is 19.6 Å². The fraction of sp³-hybridized carbons (Fsp3) is 0.562. The topological polar surface area (TPSA) is 55.3 Å². The molecule has 2 heterocycles. The van der Waals surface area contributed by atoms with E-state index in [1.54, 1.807) is 21.3 Å². The second-order valence-corrected chi connectivity index (χ2v) is 5.78. The first-order valence-electron chi connectivity index (χ1n) is 7.48. The highest BCUT2D eigenvalue weighted by Gasteiger charge is 2.37. The van der Waals surface area contributed by atoms with Gasteiger partial charge in [0.2, 0.25) is 0 Å². The molecule has 1 saturated heterocycles. The molecule has 1 fully saturated rings. The van der Waals surface area contributed by atoms with Crippen molar-refractivity contribution in [1.82, 2.24) is 10.3 Å². The van der Waals surface area contributed by atoms with Gasteiger partial charge in [-0.3, -0.25) is 0 Å². The van der Waals surface area contributed by atoms with Gasteiger partial charge in [-0.15, -0.1) is 0 Å². The van der Waals surface area contributed by atoms with Crippen molar-refractivity contribution in [3.63, 3.8) is 0 Å². The highest BCUT2D eigenvalue weighted by atomic mass is 16.5. The van der Waals surface area contributed by atoms with Crippen LogP contribution in [0.1, 0.15) is 18.0 Å². The zero-order valence-corrected chi connectivity index (χ0v) is 13.5. The summed E-state index contributed by atoms with van der Waals surface area (Å²) in [5.74, 6) is 2.53. The number of rotatable bonds is 4. The predicted molar refractivity (Wildman–Crippen MR) is 85.0 cm³/mol. The second-order valence-electron chi connectivity index (χ2n) is 5.78. The molecule has 0 bridgehead atoms. The highest BCUT2D eigenvalue weighted by molar-refractivity contribution is 5.90. The number of methoxy groups -OCH3 is 3. The van der Waals surface area contributed by atoms with E-state index in [1.807, 2.05) is 12.1 Å². The zero-order chi connectivity index (χ0) is 15.7. The molecule has 3 rings (SSSR count). The molecule has 2 atom stereocenters. The fourth-order valence-electron chi connectivity index (χ4n) is 3.28. The standard InChI is InChI=1S/C16H23N3O3/c1-19-6-5-12-11(9-19)16(18-17-12)10-7-14(21-3)15(22-4)8-13(10)20-2/h7-8,11,16,18H,5-6,9H2,1-4H3. The summed E-state index contributed by atoms with van der Waals surface area (Å²) in [5, 5.41) is 4.54. The van der Waals surface area contributed by atoms with Crippen LogP contribution in [0.4, 0.5) is 0 Å². The van der Waals surface area contributed by atoms with Gasteiger partial charge in [-0.25, -0.2) is 0 Å². The lowest BCUT2D eigenvalue weighted by molar-refractivity contribution is 0.269. The van der Waals surface area contributed by atoms with Gasteiger partial charge < -0.3 is 24.5 Å². The van der Waals surface area contributed by atoms with Gasteiger partial charge >= 0.3 is 0 Å². The summed E-state index contributed by atoms with van der Waals surface area (Å²) in [6, 6.07) is 3.97. The summed E-state index contributed by atoms with van der Waals surface area (Å²) < 4.78 is 16.4. The van der Waals surface area contributed by atoms with E-state index in [2.05, 4.69) is 22.5 Å². The third kappa shape index (κ3) is 2.47. The molecule has 22 heavy (non-hydrogen) atoms. The number of nitrogens with zero attached hydrogens (tertiary/aromatic N) is 2. The lowest BCUT2D eigenvalue weighted by atomic mass is 9.86. The van der Waals surface area contributed by atoms with Crippen LogP contribution in [-0.4, -0.2) is 52.1 Å². The molecule has 0 radical (unpaired) electrons. The average Bonchev–Trinajstić information content (AvgIpc) is 2.96. The summed E-state index contributed by atoms with van der Waals surface area (Å²) in [6.07, 6.45) is 1.01. The molecular formula is C16H23N3O3. The molecule has 2 unspecified atom stereocenters. The minimum atomic E-state index is 0.104. The van der Waals surface area contributed by atoms with Crippen LogP contribution in [0.2, 0.25) is 0 Å². The van der Waals surface area contributed by atoms with E-state index < -0.39 is 0 Å². The third-order valence-electron chi connectivity index (χ3n) is 4.51. The van der Waals surface area contributed by atoms with E-state index in [0.29, 0.717) is 17.4 Å². The minimum absolute atomic E-state index is 0.104. The maximum Gasteiger partial charge on any atom is 0.164 e. The van der Waals surface area contributed by atoms with Gasteiger partial charge in [0.25, 0.3) is 0 Å². The number of likely N-dealkylation sites (tertiary alicyclic amines) is 1. The van der Waals surface area contributed by atoms with Crippen molar-refractivity contribution in [1.29, 1.82) is 0 Å². The molecule has 2 aliphatic heterocycles. The van der Waals surface area contributed by atoms with Crippen LogP contribution in [0.3, 0.4) is 0 Å². The zero-order valence-electron chi connectivity index (χ0n) is 13.5. The summed E-state index contributed by atoms with van der Waals surface area (Å²) in [7, 11) is 7.10. The Morgan fingerprint density at radius 2 is 1.77 bits per heavy atom. The largest absolute Gasteiger partial charge is 0.496 e. The van der Waals surface area contributed by atoms with E-state index in [1.165, 1.54) is 5.71 Å². The van der Waals surface area contributed by atoms with Crippen LogP contribution in [-0.2, 0) is 0 Å². The Kier molecular flexibility index (Phi) is 4.11. The molecule has 1 N–H and O–H groups in total. The summed E-state index contributed by atoms with van der Waals surface area (Å²) >= 11 is 0. The Morgan fingerprint density at radius 1 is 1.09 bits per heavy atom. The number of piperidine rings is 1. The Hall–Kier alpha value is -1.95. The molecule has 0 spiro atoms. The van der Waals surface area contributed by atoms with Crippen molar-refractivity contribution < 1.29 is 14.2 Å². The van der Waals surface area contributed by atoms with Gasteiger partial charge in [-0.2, -0.15) is 5.10 Å². The molecule has 2 aliphatic rings. The molecule has 1 aromatic carbocycles. The van der Waals surface area contributed by atoms with Gasteiger partial charge in [-0.1, -0.05) is 0 Å². The predicted octanol–water partition coefficient (Wildman–Crippen LogP) is 1.66. The molecule has 120 valence electrons. The fourth-order valence-corrected chi connectivity index (χ4v) is 3.28. The van der Waals surface area contributed by atoms with Crippen molar-refractivity contribution in [2.24, 2.45) is 11.0 Å². The van der Waals surface area contributed by atoms with Crippen molar-refractivity contribution in [2.45, 2.75) is 12.5 Å². The van der Waals surface area contributed by atoms with E-state index in [0.717, 1.165) is 30.8 Å². The van der Waals surface area contributed by atoms with Gasteiger partial charge in [0, 0.05) is 42.8 Å². The number of nitrogens with one attached hydrogen (secondary N) is 1. The molecule has 1 aromatic rings. The van der Waals surface area contributed by atoms with Crippen molar-refractivity contribution in [3.8, 4) is 17.2 Å². The first-order valence-corrected chi connectivity index (χ1v) is 7.48. The van der Waals surface area contributed by atoms with Gasteiger partial charge in [0.05, 0.1) is 27.4 Å². The third-order valence-corrected chi connectivity index (χ3v) is 4.51. The molecule has 6 heteroatoms. The lowest BCUT2D eigenvalue weighted by Gasteiger charge is -2.31. The number of fused-ring (bicyclic) bond motifs is 1. The molecule has 0 aliphatic carbocycles. The normalized spacial score (nSPS) is 24.3. The summed E-state index contributed by atoms with van der Waals surface area (Å²) in [5.41, 5.74) is 5.59. The Labute approximate surface area is 131 Å². The monoisotopic (exact) mass is 305 g/mol. The number of benzene rings is 1. The number of hydrogen-bond donors (Lipinski definition) is 1. The number of hydrazone groups is 1. The van der Waals surface area contributed by atoms with E-state index in [-0.39, 0.29) is 6.04 Å². The first kappa shape index (κ1) is 15.0. The molecule has 0 amide bonds. The van der Waals surface area contributed by atoms with E-state index in [4.69, 9.17) is 14.2 Å². The summed E-state index contributed by atoms with van der Waals surface area (Å²) in [4.78, 5) is 2.34. The SMILES string of the molecule is COc1cc(OC)c(C2NN=C3CCN(C)CC32)cc1OC. The van der Waals surface area contributed by atoms with Crippen molar-refractivity contribution >= 4 is 5.71 Å². The maximum atomic E-state index is 5.57. The van der Waals surface area contributed by atoms with Crippen LogP contribution in [0.15, 0.2) is 17.2 Å². The lowest BCUT2D eigenvalue weighted by Crippen LogP contribution is -2.39. The molecular weight excluding hydrogens is 282 g/mol. The van der Waals surface area contributed by atoms with E-state index in [9.17, 15) is 0 Å². The van der Waals surface area contributed by atoms with Crippen LogP contribution >= 0.6 is 0 Å². The molecule has 6 nitrogen and oxygen atoms in total. The van der Waals surface area contributed by atoms with Crippen molar-refractivity contribution in [2.75, 3.05) is 41.5 Å². The van der Waals surface area contributed by atoms with Crippen molar-refractivity contribution in [3.05, 3.63) is 17.7 Å².